The molecule has 4 aromatic rings. The zero-order chi connectivity index (χ0) is 16.5. The Kier molecular flexibility index (Phi) is 6.83. The molecule has 3 aromatic heterocycles. The Hall–Kier alpha value is -1.86. The molecule has 4 nitrogen and oxygen atoms in total. The van der Waals surface area contributed by atoms with E-state index in [1.54, 1.807) is 24.6 Å². The largest absolute Gasteiger partial charge is 0.481 e. The van der Waals surface area contributed by atoms with E-state index in [1.807, 2.05) is 23.5 Å². The first-order chi connectivity index (χ1) is 11.7. The van der Waals surface area contributed by atoms with Crippen LogP contribution in [0.3, 0.4) is 0 Å². The number of aromatic nitrogens is 2. The van der Waals surface area contributed by atoms with Gasteiger partial charge in [-0.25, -0.2) is 9.97 Å². The lowest BCUT2D eigenvalue weighted by Gasteiger charge is -2.03. The van der Waals surface area contributed by atoms with Crippen LogP contribution in [0.5, 0.6) is 5.88 Å². The first kappa shape index (κ1) is 20.5. The van der Waals surface area contributed by atoms with Gasteiger partial charge in [0.05, 0.1) is 24.7 Å². The number of hydrogen-bond acceptors (Lipinski definition) is 6. The monoisotopic (exact) mass is 425 g/mol. The van der Waals surface area contributed by atoms with E-state index < -0.39 is 0 Å². The van der Waals surface area contributed by atoms with Crippen LogP contribution in [0, 0.1) is 6.92 Å². The lowest BCUT2D eigenvalue weighted by Crippen LogP contribution is -1.92. The van der Waals surface area contributed by atoms with E-state index in [0.717, 1.165) is 16.5 Å². The fourth-order valence-corrected chi connectivity index (χ4v) is 4.43. The number of fused-ring (bicyclic) bond motifs is 1. The van der Waals surface area contributed by atoms with Crippen molar-refractivity contribution in [3.05, 3.63) is 52.9 Å². The van der Waals surface area contributed by atoms with Crippen LogP contribution in [0.15, 0.2) is 48.0 Å². The van der Waals surface area contributed by atoms with Gasteiger partial charge in [-0.2, -0.15) is 0 Å². The number of rotatable bonds is 4. The molecule has 0 aliphatic carbocycles. The van der Waals surface area contributed by atoms with Gasteiger partial charge in [0.25, 0.3) is 0 Å². The average molecular weight is 426 g/mol. The average Bonchev–Trinajstić information content (AvgIpc) is 3.18. The molecule has 0 bridgehead atoms. The number of aryl methyl sites for hydroxylation is 1. The fourth-order valence-electron chi connectivity index (χ4n) is 2.63. The molecule has 0 amide bonds. The number of nitrogens with one attached hydrogen (secondary N) is 1. The molecule has 1 aromatic carbocycles. The molecule has 4 rings (SSSR count). The highest BCUT2D eigenvalue weighted by Crippen LogP contribution is 2.39. The second kappa shape index (κ2) is 8.68. The molecule has 0 unspecified atom stereocenters. The number of anilines is 2. The topological polar surface area (TPSA) is 47.0 Å². The van der Waals surface area contributed by atoms with Gasteiger partial charge in [-0.05, 0) is 19.1 Å². The van der Waals surface area contributed by atoms with Gasteiger partial charge in [0.15, 0.2) is 5.13 Å². The summed E-state index contributed by atoms with van der Waals surface area (Å²) in [4.78, 5) is 10.2. The molecule has 0 saturated heterocycles. The van der Waals surface area contributed by atoms with Crippen molar-refractivity contribution in [1.82, 2.24) is 9.97 Å². The van der Waals surface area contributed by atoms with Gasteiger partial charge in [0.1, 0.15) is 0 Å². The Bertz CT molecular complexity index is 999. The minimum Gasteiger partial charge on any atom is -0.481 e. The third kappa shape index (κ3) is 3.94. The van der Waals surface area contributed by atoms with E-state index in [0.29, 0.717) is 5.88 Å². The van der Waals surface area contributed by atoms with Gasteiger partial charge < -0.3 is 10.1 Å². The minimum absolute atomic E-state index is 0. The molecule has 26 heavy (non-hydrogen) atoms. The molecule has 0 aliphatic rings. The van der Waals surface area contributed by atoms with E-state index in [9.17, 15) is 0 Å². The van der Waals surface area contributed by atoms with Gasteiger partial charge >= 0.3 is 0 Å². The number of thiophene rings is 1. The standard InChI is InChI=1S/C18H15N3OS2.2ClH/c1-11-17(13-5-3-4-6-15(13)24-11)14-10-23-18(21-14)20-12-7-8-16(22-2)19-9-12;;/h3-10H,1-2H3,(H,20,21);2*1H. The highest BCUT2D eigenvalue weighted by Gasteiger charge is 2.14. The first-order valence-electron chi connectivity index (χ1n) is 7.45. The normalized spacial score (nSPS) is 10.1. The van der Waals surface area contributed by atoms with Crippen LogP contribution in [0.2, 0.25) is 0 Å². The minimum atomic E-state index is 0. The number of hydrogen-bond donors (Lipinski definition) is 1. The number of thiazole rings is 1. The van der Waals surface area contributed by atoms with Crippen LogP contribution in [-0.2, 0) is 0 Å². The summed E-state index contributed by atoms with van der Waals surface area (Å²) in [5.74, 6) is 0.598. The van der Waals surface area contributed by atoms with Crippen LogP contribution in [-0.4, -0.2) is 17.1 Å². The van der Waals surface area contributed by atoms with Crippen LogP contribution >= 0.6 is 47.5 Å². The van der Waals surface area contributed by atoms with E-state index >= 15 is 0 Å². The lowest BCUT2D eigenvalue weighted by atomic mass is 10.1. The Labute approximate surface area is 172 Å². The highest BCUT2D eigenvalue weighted by atomic mass is 35.5. The highest BCUT2D eigenvalue weighted by molar-refractivity contribution is 7.19. The summed E-state index contributed by atoms with van der Waals surface area (Å²) in [6, 6.07) is 12.2. The summed E-state index contributed by atoms with van der Waals surface area (Å²) < 4.78 is 6.37. The molecule has 0 radical (unpaired) electrons. The van der Waals surface area contributed by atoms with E-state index in [2.05, 4.69) is 46.9 Å². The number of ether oxygens (including phenoxy) is 1. The summed E-state index contributed by atoms with van der Waals surface area (Å²) >= 11 is 3.40. The van der Waals surface area contributed by atoms with E-state index in [4.69, 9.17) is 9.72 Å². The molecule has 0 fully saturated rings. The van der Waals surface area contributed by atoms with Crippen LogP contribution < -0.4 is 10.1 Å². The molecular weight excluding hydrogens is 409 g/mol. The number of nitrogens with zero attached hydrogens (tertiary/aromatic N) is 2. The van der Waals surface area contributed by atoms with Gasteiger partial charge in [-0.15, -0.1) is 47.5 Å². The second-order valence-electron chi connectivity index (χ2n) is 5.28. The number of methoxy groups -OCH3 is 1. The van der Waals surface area contributed by atoms with Gasteiger partial charge in [0, 0.05) is 32.0 Å². The Morgan fingerprint density at radius 2 is 1.88 bits per heavy atom. The summed E-state index contributed by atoms with van der Waals surface area (Å²) in [6.45, 7) is 2.15. The van der Waals surface area contributed by atoms with Crippen molar-refractivity contribution in [2.75, 3.05) is 12.4 Å². The predicted molar refractivity (Wildman–Crippen MR) is 116 cm³/mol. The molecule has 0 saturated carbocycles. The zero-order valence-corrected chi connectivity index (χ0v) is 17.3. The Morgan fingerprint density at radius 1 is 1.08 bits per heavy atom. The van der Waals surface area contributed by atoms with Crippen molar-refractivity contribution in [3.8, 4) is 17.1 Å². The molecule has 0 spiro atoms. The fraction of sp³-hybridized carbons (Fsp3) is 0.111. The molecule has 3 heterocycles. The second-order valence-corrected chi connectivity index (χ2v) is 7.40. The third-order valence-electron chi connectivity index (χ3n) is 3.73. The van der Waals surface area contributed by atoms with E-state index in [-0.39, 0.29) is 24.8 Å². The quantitative estimate of drug-likeness (QED) is 0.415. The number of benzene rings is 1. The zero-order valence-electron chi connectivity index (χ0n) is 14.1. The van der Waals surface area contributed by atoms with E-state index in [1.165, 1.54) is 20.5 Å². The summed E-state index contributed by atoms with van der Waals surface area (Å²) in [5.41, 5.74) is 3.13. The molecular formula is C18H17Cl2N3OS2. The molecule has 136 valence electrons. The van der Waals surface area contributed by atoms with Crippen molar-refractivity contribution in [1.29, 1.82) is 0 Å². The van der Waals surface area contributed by atoms with Gasteiger partial charge in [-0.1, -0.05) is 18.2 Å². The number of pyridine rings is 1. The van der Waals surface area contributed by atoms with Crippen molar-refractivity contribution in [3.63, 3.8) is 0 Å². The Balaban J connectivity index is 0.00000121. The maximum atomic E-state index is 5.08. The van der Waals surface area contributed by atoms with Crippen molar-refractivity contribution >= 4 is 68.4 Å². The molecule has 0 aliphatic heterocycles. The molecule has 8 heteroatoms. The lowest BCUT2D eigenvalue weighted by molar-refractivity contribution is 0.398. The smallest absolute Gasteiger partial charge is 0.213 e. The van der Waals surface area contributed by atoms with Crippen LogP contribution in [0.1, 0.15) is 4.88 Å². The van der Waals surface area contributed by atoms with Crippen molar-refractivity contribution < 1.29 is 4.74 Å². The van der Waals surface area contributed by atoms with Gasteiger partial charge in [0.2, 0.25) is 5.88 Å². The van der Waals surface area contributed by atoms with Crippen LogP contribution in [0.25, 0.3) is 21.3 Å². The SMILES string of the molecule is COc1ccc(Nc2nc(-c3c(C)sc4ccccc34)cs2)cn1.Cl.Cl. The third-order valence-corrected chi connectivity index (χ3v) is 5.57. The summed E-state index contributed by atoms with van der Waals surface area (Å²) in [6.07, 6.45) is 1.74. The van der Waals surface area contributed by atoms with Crippen LogP contribution in [0.4, 0.5) is 10.8 Å². The number of halogens is 2. The predicted octanol–water partition coefficient (Wildman–Crippen LogP) is 6.32. The summed E-state index contributed by atoms with van der Waals surface area (Å²) in [7, 11) is 1.61. The Morgan fingerprint density at radius 3 is 2.62 bits per heavy atom. The van der Waals surface area contributed by atoms with Crippen molar-refractivity contribution in [2.24, 2.45) is 0 Å². The molecule has 1 N–H and O–H groups in total. The van der Waals surface area contributed by atoms with Gasteiger partial charge in [-0.3, -0.25) is 0 Å². The maximum absolute atomic E-state index is 5.08. The molecule has 0 atom stereocenters. The summed E-state index contributed by atoms with van der Waals surface area (Å²) in [5, 5.41) is 7.52. The maximum Gasteiger partial charge on any atom is 0.213 e. The van der Waals surface area contributed by atoms with Crippen molar-refractivity contribution in [2.45, 2.75) is 6.92 Å². The first-order valence-corrected chi connectivity index (χ1v) is 9.15.